The third-order valence-electron chi connectivity index (χ3n) is 6.45. The normalized spacial score (nSPS) is 20.8. The maximum Gasteiger partial charge on any atom is 0.306 e. The monoisotopic (exact) mass is 643 g/mol. The Morgan fingerprint density at radius 1 is 0.891 bits per heavy atom. The van der Waals surface area contributed by atoms with Gasteiger partial charge in [-0.2, -0.15) is 4.98 Å². The summed E-state index contributed by atoms with van der Waals surface area (Å²) in [6.07, 6.45) is -5.09. The number of rotatable bonds is 12. The van der Waals surface area contributed by atoms with Gasteiger partial charge in [0.1, 0.15) is 25.0 Å². The van der Waals surface area contributed by atoms with Gasteiger partial charge in [-0.05, 0) is 13.0 Å². The zero-order valence-corrected chi connectivity index (χ0v) is 25.7. The predicted octanol–water partition coefficient (Wildman–Crippen LogP) is 1.57. The molecule has 3 aromatic rings. The minimum absolute atomic E-state index is 0.0523. The first kappa shape index (κ1) is 33.7. The highest BCUT2D eigenvalue weighted by molar-refractivity contribution is 5.70. The quantitative estimate of drug-likeness (QED) is 0.202. The van der Waals surface area contributed by atoms with Crippen molar-refractivity contribution in [1.29, 1.82) is 0 Å². The lowest BCUT2D eigenvalue weighted by molar-refractivity contribution is -0.270. The number of carbonyl (C=O) groups is 5. The summed E-state index contributed by atoms with van der Waals surface area (Å²) in [7, 11) is 0. The van der Waals surface area contributed by atoms with Crippen LogP contribution in [0.5, 0.6) is 0 Å². The second kappa shape index (κ2) is 15.2. The van der Waals surface area contributed by atoms with Crippen LogP contribution in [0, 0.1) is 6.92 Å². The van der Waals surface area contributed by atoms with Crippen LogP contribution in [0.15, 0.2) is 35.0 Å². The maximum atomic E-state index is 12.5. The summed E-state index contributed by atoms with van der Waals surface area (Å²) in [5.41, 5.74) is 2.02. The fourth-order valence-corrected chi connectivity index (χ4v) is 4.62. The Morgan fingerprint density at radius 2 is 1.59 bits per heavy atom. The van der Waals surface area contributed by atoms with Crippen molar-refractivity contribution in [3.05, 3.63) is 47.6 Å². The van der Waals surface area contributed by atoms with Crippen LogP contribution in [0.1, 0.15) is 57.5 Å². The summed E-state index contributed by atoms with van der Waals surface area (Å²) in [5, 5.41) is 11.9. The average molecular weight is 644 g/mol. The zero-order valence-electron chi connectivity index (χ0n) is 25.7. The summed E-state index contributed by atoms with van der Waals surface area (Å²) in [6.45, 7) is 5.80. The van der Waals surface area contributed by atoms with Crippen molar-refractivity contribution in [2.75, 3.05) is 6.61 Å². The maximum absolute atomic E-state index is 12.5. The Balaban J connectivity index is 1.44. The fourth-order valence-electron chi connectivity index (χ4n) is 4.62. The van der Waals surface area contributed by atoms with E-state index in [2.05, 4.69) is 20.5 Å². The Kier molecular flexibility index (Phi) is 11.1. The molecule has 17 heteroatoms. The van der Waals surface area contributed by atoms with E-state index in [0.717, 1.165) is 36.6 Å². The molecule has 1 saturated heterocycles. The lowest BCUT2D eigenvalue weighted by Crippen LogP contribution is -2.60. The fraction of sp³-hybridized carbons (Fsp3) is 0.483. The van der Waals surface area contributed by atoms with Gasteiger partial charge in [-0.25, -0.2) is 4.68 Å². The van der Waals surface area contributed by atoms with E-state index >= 15 is 0 Å². The van der Waals surface area contributed by atoms with Crippen LogP contribution < -0.4 is 0 Å². The minimum Gasteiger partial charge on any atom is -0.463 e. The molecule has 0 aliphatic carbocycles. The Morgan fingerprint density at radius 3 is 2.26 bits per heavy atom. The van der Waals surface area contributed by atoms with Gasteiger partial charge in [0.2, 0.25) is 11.7 Å². The number of hydrogen-bond donors (Lipinski definition) is 0. The molecule has 0 spiro atoms. The molecule has 0 radical (unpaired) electrons. The number of hydrogen-bond acceptors (Lipinski definition) is 16. The number of aromatic nitrogens is 5. The predicted molar refractivity (Wildman–Crippen MR) is 150 cm³/mol. The van der Waals surface area contributed by atoms with Gasteiger partial charge in [-0.1, -0.05) is 34.1 Å². The Hall–Kier alpha value is -5.19. The molecule has 2 aromatic heterocycles. The molecule has 0 bridgehead atoms. The number of nitrogens with zero attached hydrogens (tertiary/aromatic N) is 5. The summed E-state index contributed by atoms with van der Waals surface area (Å²) >= 11 is 0. The van der Waals surface area contributed by atoms with Gasteiger partial charge in [0.15, 0.2) is 24.5 Å². The molecule has 246 valence electrons. The number of aryl methyl sites for hydroxylation is 2. The van der Waals surface area contributed by atoms with Crippen LogP contribution in [-0.2, 0) is 65.4 Å². The van der Waals surface area contributed by atoms with Crippen LogP contribution in [0.25, 0.3) is 11.4 Å². The van der Waals surface area contributed by atoms with Gasteiger partial charge in [0.25, 0.3) is 0 Å². The third-order valence-corrected chi connectivity index (χ3v) is 6.45. The smallest absolute Gasteiger partial charge is 0.306 e. The molecule has 1 aliphatic heterocycles. The first-order valence-corrected chi connectivity index (χ1v) is 14.2. The van der Waals surface area contributed by atoms with Gasteiger partial charge in [-0.3, -0.25) is 24.0 Å². The molecule has 0 N–H and O–H groups in total. The lowest BCUT2D eigenvalue weighted by atomic mass is 9.97. The van der Waals surface area contributed by atoms with Crippen molar-refractivity contribution in [3.8, 4) is 11.4 Å². The molecule has 4 rings (SSSR count). The van der Waals surface area contributed by atoms with Crippen LogP contribution in [-0.4, -0.2) is 86.0 Å². The van der Waals surface area contributed by atoms with Gasteiger partial charge in [0, 0.05) is 39.7 Å². The molecule has 3 heterocycles. The van der Waals surface area contributed by atoms with E-state index in [1.165, 1.54) is 13.1 Å². The van der Waals surface area contributed by atoms with Crippen molar-refractivity contribution >= 4 is 29.8 Å². The number of esters is 5. The minimum atomic E-state index is -1.38. The largest absolute Gasteiger partial charge is 0.463 e. The van der Waals surface area contributed by atoms with E-state index < -0.39 is 67.1 Å². The van der Waals surface area contributed by atoms with E-state index in [1.54, 1.807) is 0 Å². The summed E-state index contributed by atoms with van der Waals surface area (Å²) in [4.78, 5) is 64.3. The van der Waals surface area contributed by atoms with Crippen LogP contribution in [0.3, 0.4) is 0 Å². The molecule has 1 aromatic carbocycles. The standard InChI is InChI=1S/C29H33N5O12/c1-15-7-6-8-20(11-15)28-30-23(46-32-28)9-10-24(39)41-13-21-12-34(33-31-21)29-27(44-19(5)38)26(43-18(4)37)25(42-17(3)36)22(45-29)14-40-16(2)35/h6-8,11-12,22,25-27,29H,9-10,13-14H2,1-5H3/t22-,25-,26+,27-,29-/m1/s1. The molecule has 0 amide bonds. The van der Waals surface area contributed by atoms with E-state index in [0.29, 0.717) is 5.82 Å². The van der Waals surface area contributed by atoms with E-state index in [4.69, 9.17) is 32.9 Å². The number of carbonyl (C=O) groups excluding carboxylic acids is 5. The third kappa shape index (κ3) is 9.16. The first-order valence-electron chi connectivity index (χ1n) is 14.2. The van der Waals surface area contributed by atoms with Crippen LogP contribution >= 0.6 is 0 Å². The molecule has 1 fully saturated rings. The van der Waals surface area contributed by atoms with E-state index in [-0.39, 0.29) is 31.0 Å². The highest BCUT2D eigenvalue weighted by Gasteiger charge is 2.53. The second-order valence-corrected chi connectivity index (χ2v) is 10.3. The Bertz CT molecular complexity index is 1570. The van der Waals surface area contributed by atoms with E-state index in [9.17, 15) is 24.0 Å². The SMILES string of the molecule is CC(=O)OC[C@H]1O[C@@H](n2cc(COC(=O)CCc3nc(-c4cccc(C)c4)no3)nn2)[C@H](OC(C)=O)[C@@H](OC(C)=O)[C@@H]1OC(C)=O. The summed E-state index contributed by atoms with van der Waals surface area (Å²) < 4.78 is 39.1. The highest BCUT2D eigenvalue weighted by atomic mass is 16.7. The molecular formula is C29H33N5O12. The molecule has 0 unspecified atom stereocenters. The highest BCUT2D eigenvalue weighted by Crippen LogP contribution is 2.34. The molecule has 17 nitrogen and oxygen atoms in total. The molecule has 46 heavy (non-hydrogen) atoms. The van der Waals surface area contributed by atoms with Gasteiger partial charge < -0.3 is 32.9 Å². The van der Waals surface area contributed by atoms with Gasteiger partial charge >= 0.3 is 29.8 Å². The van der Waals surface area contributed by atoms with E-state index in [1.807, 2.05) is 31.2 Å². The number of benzene rings is 1. The van der Waals surface area contributed by atoms with Crippen molar-refractivity contribution in [1.82, 2.24) is 25.1 Å². The van der Waals surface area contributed by atoms with Crippen molar-refractivity contribution in [3.63, 3.8) is 0 Å². The molecule has 0 saturated carbocycles. The van der Waals surface area contributed by atoms with Crippen molar-refractivity contribution < 1.29 is 56.9 Å². The molecule has 1 aliphatic rings. The average Bonchev–Trinajstić information content (AvgIpc) is 3.65. The number of ether oxygens (including phenoxy) is 6. The van der Waals surface area contributed by atoms with Crippen molar-refractivity contribution in [2.45, 2.75) is 84.7 Å². The van der Waals surface area contributed by atoms with Crippen LogP contribution in [0.4, 0.5) is 0 Å². The topological polar surface area (TPSA) is 210 Å². The second-order valence-electron chi connectivity index (χ2n) is 10.3. The summed E-state index contributed by atoms with van der Waals surface area (Å²) in [6, 6.07) is 7.59. The van der Waals surface area contributed by atoms with Gasteiger partial charge in [0.05, 0.1) is 12.6 Å². The van der Waals surface area contributed by atoms with Gasteiger partial charge in [-0.15, -0.1) is 5.10 Å². The van der Waals surface area contributed by atoms with Crippen LogP contribution in [0.2, 0.25) is 0 Å². The molecular weight excluding hydrogens is 610 g/mol. The lowest BCUT2D eigenvalue weighted by Gasteiger charge is -2.44. The zero-order chi connectivity index (χ0) is 33.4. The first-order chi connectivity index (χ1) is 21.9. The summed E-state index contributed by atoms with van der Waals surface area (Å²) in [5.74, 6) is -2.84. The molecule has 5 atom stereocenters. The van der Waals surface area contributed by atoms with Crippen molar-refractivity contribution in [2.24, 2.45) is 0 Å². The Labute approximate surface area is 262 Å².